The molecule has 0 saturated heterocycles. The van der Waals surface area contributed by atoms with Crippen molar-refractivity contribution in [3.63, 3.8) is 0 Å². The predicted molar refractivity (Wildman–Crippen MR) is 92.3 cm³/mol. The lowest BCUT2D eigenvalue weighted by Crippen LogP contribution is -2.24. The van der Waals surface area contributed by atoms with Crippen molar-refractivity contribution in [2.45, 2.75) is 26.3 Å². The molecule has 0 aliphatic heterocycles. The molecular weight excluding hydrogens is 314 g/mol. The van der Waals surface area contributed by atoms with E-state index in [9.17, 15) is 9.59 Å². The molecular formula is C17H18ClN3O2. The Kier molecular flexibility index (Phi) is 6.11. The first-order chi connectivity index (χ1) is 11.1. The van der Waals surface area contributed by atoms with E-state index in [4.69, 9.17) is 11.6 Å². The summed E-state index contributed by atoms with van der Waals surface area (Å²) in [7, 11) is 0. The average Bonchev–Trinajstić information content (AvgIpc) is 2.73. The number of amides is 1. The molecule has 0 spiro atoms. The fraction of sp³-hybridized carbons (Fsp3) is 0.235. The molecule has 1 aliphatic rings. The van der Waals surface area contributed by atoms with Crippen LogP contribution in [0.25, 0.3) is 0 Å². The summed E-state index contributed by atoms with van der Waals surface area (Å²) in [6.07, 6.45) is 13.7. The third-order valence-electron chi connectivity index (χ3n) is 3.10. The number of aromatic nitrogens is 2. The zero-order valence-corrected chi connectivity index (χ0v) is 13.6. The van der Waals surface area contributed by atoms with E-state index in [0.29, 0.717) is 13.0 Å². The van der Waals surface area contributed by atoms with Crippen LogP contribution in [0.2, 0.25) is 0 Å². The van der Waals surface area contributed by atoms with Gasteiger partial charge in [-0.3, -0.25) is 9.36 Å². The van der Waals surface area contributed by atoms with Gasteiger partial charge >= 0.3 is 5.69 Å². The van der Waals surface area contributed by atoms with Gasteiger partial charge in [-0.2, -0.15) is 4.98 Å². The molecule has 1 heterocycles. The molecule has 0 atom stereocenters. The molecule has 2 rings (SSSR count). The van der Waals surface area contributed by atoms with Crippen molar-refractivity contribution >= 4 is 23.3 Å². The van der Waals surface area contributed by atoms with Crippen molar-refractivity contribution in [2.75, 3.05) is 5.32 Å². The highest BCUT2D eigenvalue weighted by Gasteiger charge is 2.03. The number of carbonyl (C=O) groups is 1. The van der Waals surface area contributed by atoms with Gasteiger partial charge in [-0.05, 0) is 30.2 Å². The summed E-state index contributed by atoms with van der Waals surface area (Å²) in [4.78, 5) is 27.5. The standard InChI is InChI=1S/C17H18ClN3O2/c1-2-11-21-12-10-15(20-17(21)23)19-16(22)9-7-13-4-3-5-14(18)8-6-13/h3-4,6-10,12H,2,5,11H2,1H3,(H,19,20,22,23)/b9-7+. The highest BCUT2D eigenvalue weighted by Crippen LogP contribution is 2.14. The molecule has 1 aliphatic carbocycles. The van der Waals surface area contributed by atoms with Crippen LogP contribution in [0.4, 0.5) is 5.82 Å². The smallest absolute Gasteiger partial charge is 0.307 e. The maximum Gasteiger partial charge on any atom is 0.349 e. The number of hydrogen-bond donors (Lipinski definition) is 1. The number of allylic oxidation sites excluding steroid dienone is 7. The average molecular weight is 332 g/mol. The van der Waals surface area contributed by atoms with Gasteiger partial charge in [0.05, 0.1) is 0 Å². The summed E-state index contributed by atoms with van der Waals surface area (Å²) >= 11 is 5.93. The summed E-state index contributed by atoms with van der Waals surface area (Å²) < 4.78 is 1.50. The van der Waals surface area contributed by atoms with Crippen molar-refractivity contribution in [1.29, 1.82) is 0 Å². The number of nitrogens with zero attached hydrogens (tertiary/aromatic N) is 2. The van der Waals surface area contributed by atoms with E-state index in [1.54, 1.807) is 24.4 Å². The van der Waals surface area contributed by atoms with Gasteiger partial charge in [-0.25, -0.2) is 4.79 Å². The van der Waals surface area contributed by atoms with Crippen molar-refractivity contribution in [1.82, 2.24) is 9.55 Å². The van der Waals surface area contributed by atoms with E-state index in [2.05, 4.69) is 10.3 Å². The fourth-order valence-electron chi connectivity index (χ4n) is 1.98. The summed E-state index contributed by atoms with van der Waals surface area (Å²) in [6, 6.07) is 1.61. The van der Waals surface area contributed by atoms with Crippen LogP contribution in [0.15, 0.2) is 64.1 Å². The third-order valence-corrected chi connectivity index (χ3v) is 3.38. The zero-order valence-electron chi connectivity index (χ0n) is 12.8. The Morgan fingerprint density at radius 2 is 2.30 bits per heavy atom. The Balaban J connectivity index is 2.01. The molecule has 120 valence electrons. The van der Waals surface area contributed by atoms with E-state index in [1.807, 2.05) is 25.2 Å². The summed E-state index contributed by atoms with van der Waals surface area (Å²) in [5, 5.41) is 3.31. The lowest BCUT2D eigenvalue weighted by atomic mass is 10.2. The van der Waals surface area contributed by atoms with E-state index in [-0.39, 0.29) is 17.4 Å². The monoisotopic (exact) mass is 331 g/mol. The van der Waals surface area contributed by atoms with Gasteiger partial charge in [-0.15, -0.1) is 0 Å². The van der Waals surface area contributed by atoms with Crippen LogP contribution < -0.4 is 11.0 Å². The normalized spacial score (nSPS) is 14.3. The molecule has 1 amide bonds. The number of carbonyl (C=O) groups excluding carboxylic acids is 1. The van der Waals surface area contributed by atoms with Gasteiger partial charge in [0.25, 0.3) is 0 Å². The molecule has 23 heavy (non-hydrogen) atoms. The number of anilines is 1. The van der Waals surface area contributed by atoms with Crippen LogP contribution in [0.3, 0.4) is 0 Å². The molecule has 0 bridgehead atoms. The van der Waals surface area contributed by atoms with Crippen LogP contribution in [-0.4, -0.2) is 15.5 Å². The van der Waals surface area contributed by atoms with Gasteiger partial charge in [0.15, 0.2) is 0 Å². The second-order valence-corrected chi connectivity index (χ2v) is 5.48. The molecule has 6 heteroatoms. The van der Waals surface area contributed by atoms with Gasteiger partial charge in [0, 0.05) is 30.3 Å². The molecule has 1 N–H and O–H groups in total. The summed E-state index contributed by atoms with van der Waals surface area (Å²) in [5.41, 5.74) is 0.491. The molecule has 1 aromatic heterocycles. The maximum atomic E-state index is 11.9. The first-order valence-corrected chi connectivity index (χ1v) is 7.75. The Morgan fingerprint density at radius 3 is 3.04 bits per heavy atom. The van der Waals surface area contributed by atoms with E-state index < -0.39 is 0 Å². The number of rotatable bonds is 5. The van der Waals surface area contributed by atoms with Crippen molar-refractivity contribution in [3.05, 3.63) is 69.8 Å². The minimum atomic E-state index is -0.372. The fourth-order valence-corrected chi connectivity index (χ4v) is 2.13. The molecule has 0 unspecified atom stereocenters. The highest BCUT2D eigenvalue weighted by atomic mass is 35.5. The Morgan fingerprint density at radius 1 is 1.48 bits per heavy atom. The molecule has 1 aromatic rings. The van der Waals surface area contributed by atoms with Crippen molar-refractivity contribution in [2.24, 2.45) is 0 Å². The van der Waals surface area contributed by atoms with Gasteiger partial charge < -0.3 is 5.32 Å². The minimum absolute atomic E-state index is 0.241. The SMILES string of the molecule is CCCn1ccc(NC(=O)/C=C/C2=CC=C(Cl)CC=C2)nc1=O. The number of aryl methyl sites for hydroxylation is 1. The predicted octanol–water partition coefficient (Wildman–Crippen LogP) is 3.16. The van der Waals surface area contributed by atoms with E-state index >= 15 is 0 Å². The summed E-state index contributed by atoms with van der Waals surface area (Å²) in [5.74, 6) is -0.107. The van der Waals surface area contributed by atoms with Crippen LogP contribution in [0.1, 0.15) is 19.8 Å². The second-order valence-electron chi connectivity index (χ2n) is 5.00. The number of nitrogens with one attached hydrogen (secondary N) is 1. The minimum Gasteiger partial charge on any atom is -0.307 e. The maximum absolute atomic E-state index is 11.9. The molecule has 0 aromatic carbocycles. The first kappa shape index (κ1) is 17.0. The van der Waals surface area contributed by atoms with Crippen LogP contribution in [-0.2, 0) is 11.3 Å². The van der Waals surface area contributed by atoms with E-state index in [0.717, 1.165) is 17.0 Å². The molecule has 0 radical (unpaired) electrons. The van der Waals surface area contributed by atoms with Crippen LogP contribution in [0, 0.1) is 0 Å². The molecule has 5 nitrogen and oxygen atoms in total. The van der Waals surface area contributed by atoms with Crippen molar-refractivity contribution in [3.8, 4) is 0 Å². The second kappa shape index (κ2) is 8.29. The lowest BCUT2D eigenvalue weighted by molar-refractivity contribution is -0.111. The molecule has 0 fully saturated rings. The van der Waals surface area contributed by atoms with Crippen molar-refractivity contribution < 1.29 is 4.79 Å². The topological polar surface area (TPSA) is 64.0 Å². The van der Waals surface area contributed by atoms with E-state index in [1.165, 1.54) is 10.6 Å². The lowest BCUT2D eigenvalue weighted by Gasteiger charge is -2.04. The zero-order chi connectivity index (χ0) is 16.7. The quantitative estimate of drug-likeness (QED) is 0.843. The van der Waals surface area contributed by atoms with Gasteiger partial charge in [0.1, 0.15) is 5.82 Å². The number of hydrogen-bond acceptors (Lipinski definition) is 3. The molecule has 0 saturated carbocycles. The van der Waals surface area contributed by atoms with Gasteiger partial charge in [0.2, 0.25) is 5.91 Å². The Hall–Kier alpha value is -2.40. The Labute approximate surface area is 139 Å². The van der Waals surface area contributed by atoms with Gasteiger partial charge in [-0.1, -0.05) is 36.8 Å². The first-order valence-electron chi connectivity index (χ1n) is 7.38. The largest absolute Gasteiger partial charge is 0.349 e. The summed E-state index contributed by atoms with van der Waals surface area (Å²) in [6.45, 7) is 2.59. The third kappa shape index (κ3) is 5.38. The van der Waals surface area contributed by atoms with Crippen LogP contribution >= 0.6 is 11.6 Å². The van der Waals surface area contributed by atoms with Crippen LogP contribution in [0.5, 0.6) is 0 Å². The number of halogens is 1. The highest BCUT2D eigenvalue weighted by molar-refractivity contribution is 6.29. The Bertz CT molecular complexity index is 757.